The van der Waals surface area contributed by atoms with Gasteiger partial charge in [-0.1, -0.05) is 46.3 Å². The summed E-state index contributed by atoms with van der Waals surface area (Å²) in [5.41, 5.74) is 3.61. The lowest BCUT2D eigenvalue weighted by Crippen LogP contribution is -2.15. The van der Waals surface area contributed by atoms with Crippen molar-refractivity contribution in [3.05, 3.63) is 73.7 Å². The van der Waals surface area contributed by atoms with Crippen LogP contribution in [0.15, 0.2) is 46.9 Å². The number of nitro benzene ring substituents is 1. The van der Waals surface area contributed by atoms with E-state index in [4.69, 9.17) is 0 Å². The van der Waals surface area contributed by atoms with Crippen LogP contribution in [0.3, 0.4) is 0 Å². The summed E-state index contributed by atoms with van der Waals surface area (Å²) in [6.07, 6.45) is 0. The number of hydrogen-bond acceptors (Lipinski definition) is 3. The topological polar surface area (TPSA) is 46.4 Å². The number of hydrogen-bond donors (Lipinski definition) is 0. The molecule has 5 heteroatoms. The third kappa shape index (κ3) is 2.59. The molecule has 3 rings (SSSR count). The van der Waals surface area contributed by atoms with Gasteiger partial charge in [0.25, 0.3) is 5.69 Å². The van der Waals surface area contributed by atoms with Gasteiger partial charge in [0, 0.05) is 36.2 Å². The molecule has 0 fully saturated rings. The van der Waals surface area contributed by atoms with Crippen molar-refractivity contribution in [3.63, 3.8) is 0 Å². The molecule has 1 heterocycles. The Morgan fingerprint density at radius 2 is 1.95 bits per heavy atom. The first-order valence-corrected chi connectivity index (χ1v) is 7.15. The van der Waals surface area contributed by atoms with Gasteiger partial charge in [0.05, 0.1) is 4.92 Å². The molecule has 0 amide bonds. The van der Waals surface area contributed by atoms with Crippen LogP contribution >= 0.6 is 15.9 Å². The zero-order chi connectivity index (χ0) is 14.1. The highest BCUT2D eigenvalue weighted by molar-refractivity contribution is 9.10. The molecule has 0 N–H and O–H groups in total. The first-order chi connectivity index (χ1) is 9.63. The summed E-state index contributed by atoms with van der Waals surface area (Å²) in [7, 11) is 0. The van der Waals surface area contributed by atoms with Gasteiger partial charge in [0.2, 0.25) is 0 Å². The highest BCUT2D eigenvalue weighted by atomic mass is 79.9. The van der Waals surface area contributed by atoms with E-state index in [9.17, 15) is 10.1 Å². The zero-order valence-electron chi connectivity index (χ0n) is 10.8. The maximum absolute atomic E-state index is 10.9. The summed E-state index contributed by atoms with van der Waals surface area (Å²) in [5.74, 6) is 0. The fourth-order valence-corrected chi connectivity index (χ4v) is 3.19. The molecule has 0 bridgehead atoms. The number of nitrogens with zero attached hydrogens (tertiary/aromatic N) is 2. The van der Waals surface area contributed by atoms with Crippen molar-refractivity contribution in [1.82, 2.24) is 4.90 Å². The minimum Gasteiger partial charge on any atom is -0.291 e. The molecule has 0 aromatic heterocycles. The monoisotopic (exact) mass is 332 g/mol. The highest BCUT2D eigenvalue weighted by Crippen LogP contribution is 2.34. The van der Waals surface area contributed by atoms with Gasteiger partial charge in [-0.25, -0.2) is 0 Å². The van der Waals surface area contributed by atoms with Gasteiger partial charge in [-0.2, -0.15) is 0 Å². The Morgan fingerprint density at radius 1 is 1.20 bits per heavy atom. The summed E-state index contributed by atoms with van der Waals surface area (Å²) >= 11 is 3.45. The molecule has 4 nitrogen and oxygen atoms in total. The summed E-state index contributed by atoms with van der Waals surface area (Å²) in [6.45, 7) is 2.43. The van der Waals surface area contributed by atoms with Gasteiger partial charge in [0.15, 0.2) is 0 Å². The van der Waals surface area contributed by atoms with Crippen molar-refractivity contribution >= 4 is 21.6 Å². The Hall–Kier alpha value is -1.72. The Balaban J connectivity index is 1.82. The lowest BCUT2D eigenvalue weighted by molar-refractivity contribution is -0.385. The molecule has 102 valence electrons. The predicted octanol–water partition coefficient (Wildman–Crippen LogP) is 3.87. The number of benzene rings is 2. The molecule has 2 aromatic rings. The maximum Gasteiger partial charge on any atom is 0.270 e. The molecular formula is C15H13BrN2O2. The van der Waals surface area contributed by atoms with Crippen LogP contribution in [0.4, 0.5) is 5.69 Å². The smallest absolute Gasteiger partial charge is 0.270 e. The van der Waals surface area contributed by atoms with Gasteiger partial charge in [-0.3, -0.25) is 15.0 Å². The zero-order valence-corrected chi connectivity index (χ0v) is 12.3. The van der Waals surface area contributed by atoms with Crippen LogP contribution < -0.4 is 0 Å². The van der Waals surface area contributed by atoms with E-state index >= 15 is 0 Å². The number of non-ortho nitro benzene ring substituents is 1. The molecular weight excluding hydrogens is 320 g/mol. The fraction of sp³-hybridized carbons (Fsp3) is 0.200. The Kier molecular flexibility index (Phi) is 3.54. The van der Waals surface area contributed by atoms with Crippen LogP contribution in [0.5, 0.6) is 0 Å². The summed E-state index contributed by atoms with van der Waals surface area (Å²) < 4.78 is 0.831. The summed E-state index contributed by atoms with van der Waals surface area (Å²) in [4.78, 5) is 12.8. The van der Waals surface area contributed by atoms with Crippen molar-refractivity contribution in [2.75, 3.05) is 0 Å². The Bertz CT molecular complexity index is 658. The van der Waals surface area contributed by atoms with Gasteiger partial charge >= 0.3 is 0 Å². The van der Waals surface area contributed by atoms with Gasteiger partial charge in [0.1, 0.15) is 0 Å². The van der Waals surface area contributed by atoms with E-state index in [0.29, 0.717) is 0 Å². The van der Waals surface area contributed by atoms with Crippen molar-refractivity contribution in [1.29, 1.82) is 0 Å². The van der Waals surface area contributed by atoms with Gasteiger partial charge in [-0.05, 0) is 16.7 Å². The molecule has 0 spiro atoms. The number of nitro groups is 1. The SMILES string of the molecule is O=[N+]([O-])c1cc(Br)c2c(c1)CN(Cc1ccccc1)C2. The third-order valence-electron chi connectivity index (χ3n) is 3.51. The van der Waals surface area contributed by atoms with Crippen molar-refractivity contribution in [3.8, 4) is 0 Å². The molecule has 0 atom stereocenters. The maximum atomic E-state index is 10.9. The van der Waals surface area contributed by atoms with Crippen molar-refractivity contribution in [2.24, 2.45) is 0 Å². The van der Waals surface area contributed by atoms with Crippen LogP contribution in [0, 0.1) is 10.1 Å². The fourth-order valence-electron chi connectivity index (χ4n) is 2.58. The Morgan fingerprint density at radius 3 is 2.65 bits per heavy atom. The van der Waals surface area contributed by atoms with E-state index in [0.717, 1.165) is 35.2 Å². The number of halogens is 1. The van der Waals surface area contributed by atoms with Crippen LogP contribution in [0.2, 0.25) is 0 Å². The number of fused-ring (bicyclic) bond motifs is 1. The second-order valence-electron chi connectivity index (χ2n) is 4.95. The van der Waals surface area contributed by atoms with E-state index in [1.54, 1.807) is 12.1 Å². The normalized spacial score (nSPS) is 14.2. The van der Waals surface area contributed by atoms with Crippen LogP contribution in [-0.2, 0) is 19.6 Å². The average Bonchev–Trinajstić information content (AvgIpc) is 2.83. The lowest BCUT2D eigenvalue weighted by Gasteiger charge is -2.14. The minimum absolute atomic E-state index is 0.150. The largest absolute Gasteiger partial charge is 0.291 e. The van der Waals surface area contributed by atoms with Crippen molar-refractivity contribution < 1.29 is 4.92 Å². The molecule has 1 aliphatic heterocycles. The van der Waals surface area contributed by atoms with Crippen LogP contribution in [0.1, 0.15) is 16.7 Å². The predicted molar refractivity (Wildman–Crippen MR) is 80.2 cm³/mol. The van der Waals surface area contributed by atoms with E-state index in [2.05, 4.69) is 33.0 Å². The van der Waals surface area contributed by atoms with Gasteiger partial charge < -0.3 is 0 Å². The van der Waals surface area contributed by atoms with Gasteiger partial charge in [-0.15, -0.1) is 0 Å². The molecule has 1 aliphatic rings. The first-order valence-electron chi connectivity index (χ1n) is 6.35. The molecule has 20 heavy (non-hydrogen) atoms. The molecule has 0 radical (unpaired) electrons. The first kappa shape index (κ1) is 13.3. The van der Waals surface area contributed by atoms with E-state index in [1.807, 2.05) is 18.2 Å². The molecule has 2 aromatic carbocycles. The van der Waals surface area contributed by atoms with Crippen molar-refractivity contribution in [2.45, 2.75) is 19.6 Å². The molecule has 0 saturated heterocycles. The molecule has 0 aliphatic carbocycles. The quantitative estimate of drug-likeness (QED) is 0.633. The molecule has 0 saturated carbocycles. The standard InChI is InChI=1S/C15H13BrN2O2/c16-15-7-13(18(19)20)6-12-9-17(10-14(12)15)8-11-4-2-1-3-5-11/h1-7H,8-10H2. The van der Waals surface area contributed by atoms with Crippen LogP contribution in [0.25, 0.3) is 0 Å². The Labute approximate surface area is 125 Å². The third-order valence-corrected chi connectivity index (χ3v) is 4.22. The van der Waals surface area contributed by atoms with Crippen LogP contribution in [-0.4, -0.2) is 9.82 Å². The van der Waals surface area contributed by atoms with E-state index < -0.39 is 0 Å². The summed E-state index contributed by atoms with van der Waals surface area (Å²) in [6, 6.07) is 13.5. The van der Waals surface area contributed by atoms with E-state index in [1.165, 1.54) is 5.56 Å². The number of rotatable bonds is 3. The second kappa shape index (κ2) is 5.34. The highest BCUT2D eigenvalue weighted by Gasteiger charge is 2.24. The van der Waals surface area contributed by atoms with E-state index in [-0.39, 0.29) is 10.6 Å². The lowest BCUT2D eigenvalue weighted by atomic mass is 10.1. The second-order valence-corrected chi connectivity index (χ2v) is 5.81. The average molecular weight is 333 g/mol. The molecule has 0 unspecified atom stereocenters. The summed E-state index contributed by atoms with van der Waals surface area (Å²) in [5, 5.41) is 10.9. The minimum atomic E-state index is -0.342.